The summed E-state index contributed by atoms with van der Waals surface area (Å²) in [5.74, 6) is 0.00653. The van der Waals surface area contributed by atoms with Crippen LogP contribution in [0.5, 0.6) is 0 Å². The minimum Gasteiger partial charge on any atom is -0.384 e. The Balaban J connectivity index is 1.48. The molecule has 1 heterocycles. The molecule has 0 unspecified atom stereocenters. The van der Waals surface area contributed by atoms with Crippen LogP contribution in [0, 0.1) is 0 Å². The van der Waals surface area contributed by atoms with E-state index in [9.17, 15) is 13.2 Å². The van der Waals surface area contributed by atoms with Gasteiger partial charge in [-0.3, -0.25) is 4.79 Å². The Morgan fingerprint density at radius 1 is 1.16 bits per heavy atom. The molecule has 0 saturated carbocycles. The number of aromatic nitrogens is 1. The Labute approximate surface area is 189 Å². The van der Waals surface area contributed by atoms with Crippen LogP contribution in [0.1, 0.15) is 42.2 Å². The van der Waals surface area contributed by atoms with Gasteiger partial charge in [0.25, 0.3) is 5.91 Å². The number of hydrogen-bond donors (Lipinski definition) is 2. The summed E-state index contributed by atoms with van der Waals surface area (Å²) in [6.07, 6.45) is 6.20. The van der Waals surface area contributed by atoms with Crippen molar-refractivity contribution in [2.45, 2.75) is 43.7 Å². The number of rotatable bonds is 7. The van der Waals surface area contributed by atoms with E-state index < -0.39 is 9.84 Å². The van der Waals surface area contributed by atoms with Crippen LogP contribution in [0.4, 0.5) is 0 Å². The Morgan fingerprint density at radius 3 is 2.72 bits per heavy atom. The Bertz CT molecular complexity index is 1230. The number of likely N-dealkylation sites (N-methyl/N-ethyl adjacent to an activating group) is 1. The summed E-state index contributed by atoms with van der Waals surface area (Å²) in [5, 5.41) is 4.48. The molecule has 0 spiro atoms. The predicted octanol–water partition coefficient (Wildman–Crippen LogP) is 4.26. The molecule has 2 aromatic carbocycles. The molecule has 0 radical (unpaired) electrons. The van der Waals surface area contributed by atoms with Crippen LogP contribution < -0.4 is 5.32 Å². The Hall–Kier alpha value is -3.06. The number of benzene rings is 2. The summed E-state index contributed by atoms with van der Waals surface area (Å²) in [4.78, 5) is 18.7. The molecule has 1 aliphatic carbocycles. The Kier molecular flexibility index (Phi) is 6.37. The van der Waals surface area contributed by atoms with Gasteiger partial charge in [-0.2, -0.15) is 0 Å². The predicted molar refractivity (Wildman–Crippen MR) is 127 cm³/mol. The summed E-state index contributed by atoms with van der Waals surface area (Å²) in [6, 6.07) is 16.9. The molecule has 0 bridgehead atoms. The van der Waals surface area contributed by atoms with Crippen molar-refractivity contribution in [2.75, 3.05) is 12.8 Å². The smallest absolute Gasteiger partial charge is 0.270 e. The van der Waals surface area contributed by atoms with Crippen LogP contribution in [0.3, 0.4) is 0 Å². The molecule has 32 heavy (non-hydrogen) atoms. The summed E-state index contributed by atoms with van der Waals surface area (Å²) in [5.41, 5.74) is 3.58. The van der Waals surface area contributed by atoms with Gasteiger partial charge < -0.3 is 15.2 Å². The quantitative estimate of drug-likeness (QED) is 0.562. The van der Waals surface area contributed by atoms with Gasteiger partial charge in [0.1, 0.15) is 5.69 Å². The second-order valence-corrected chi connectivity index (χ2v) is 10.3. The minimum absolute atomic E-state index is 0.00653. The molecule has 4 rings (SSSR count). The lowest BCUT2D eigenvalue weighted by molar-refractivity contribution is 0.0706. The molecule has 0 fully saturated rings. The molecule has 1 atom stereocenters. The number of para-hydroxylation sites is 1. The fourth-order valence-corrected chi connectivity index (χ4v) is 4.96. The van der Waals surface area contributed by atoms with E-state index >= 15 is 0 Å². The zero-order chi connectivity index (χ0) is 22.7. The number of hydrogen-bond acceptors (Lipinski definition) is 4. The number of amides is 1. The maximum Gasteiger partial charge on any atom is 0.270 e. The van der Waals surface area contributed by atoms with Crippen molar-refractivity contribution >= 4 is 26.6 Å². The van der Waals surface area contributed by atoms with Crippen LogP contribution in [-0.4, -0.2) is 43.1 Å². The molecule has 1 amide bonds. The van der Waals surface area contributed by atoms with Crippen molar-refractivity contribution in [3.05, 3.63) is 77.6 Å². The number of H-pyrrole nitrogens is 1. The first-order valence-corrected chi connectivity index (χ1v) is 12.9. The van der Waals surface area contributed by atoms with Crippen LogP contribution in [-0.2, 0) is 16.4 Å². The van der Waals surface area contributed by atoms with E-state index in [0.29, 0.717) is 23.7 Å². The van der Waals surface area contributed by atoms with Gasteiger partial charge in [-0.1, -0.05) is 30.3 Å². The third-order valence-corrected chi connectivity index (χ3v) is 7.06. The molecule has 0 saturated heterocycles. The van der Waals surface area contributed by atoms with E-state index in [1.165, 1.54) is 6.26 Å². The highest BCUT2D eigenvalue weighted by Crippen LogP contribution is 2.24. The minimum atomic E-state index is -3.23. The van der Waals surface area contributed by atoms with Crippen molar-refractivity contribution in [2.24, 2.45) is 0 Å². The second kappa shape index (κ2) is 9.20. The number of fused-ring (bicyclic) bond motifs is 1. The van der Waals surface area contributed by atoms with E-state index in [4.69, 9.17) is 0 Å². The fraction of sp³-hybridized carbons (Fsp3) is 0.320. The molecule has 1 aliphatic rings. The highest BCUT2D eigenvalue weighted by molar-refractivity contribution is 7.90. The lowest BCUT2D eigenvalue weighted by Crippen LogP contribution is -2.41. The zero-order valence-electron chi connectivity index (χ0n) is 18.5. The topological polar surface area (TPSA) is 82.3 Å². The molecular formula is C25H29N3O3S. The number of aromatic amines is 1. The average molecular weight is 452 g/mol. The second-order valence-electron chi connectivity index (χ2n) is 8.29. The molecule has 7 heteroatoms. The highest BCUT2D eigenvalue weighted by atomic mass is 32.2. The third kappa shape index (κ3) is 4.88. The number of sulfone groups is 1. The van der Waals surface area contributed by atoms with Gasteiger partial charge >= 0.3 is 0 Å². The van der Waals surface area contributed by atoms with Gasteiger partial charge in [-0.15, -0.1) is 0 Å². The summed E-state index contributed by atoms with van der Waals surface area (Å²) < 4.78 is 23.6. The highest BCUT2D eigenvalue weighted by Gasteiger charge is 2.25. The monoisotopic (exact) mass is 451 g/mol. The van der Waals surface area contributed by atoms with Crippen molar-refractivity contribution in [3.63, 3.8) is 0 Å². The van der Waals surface area contributed by atoms with Gasteiger partial charge in [0, 0.05) is 35.9 Å². The summed E-state index contributed by atoms with van der Waals surface area (Å²) in [6.45, 7) is 3.18. The lowest BCUT2D eigenvalue weighted by Gasteiger charge is -2.32. The lowest BCUT2D eigenvalue weighted by atomic mass is 9.98. The number of nitrogens with zero attached hydrogens (tertiary/aromatic N) is 1. The number of nitrogens with one attached hydrogen (secondary N) is 2. The van der Waals surface area contributed by atoms with E-state index in [1.807, 2.05) is 48.2 Å². The van der Waals surface area contributed by atoms with Crippen LogP contribution >= 0.6 is 0 Å². The third-order valence-electron chi connectivity index (χ3n) is 5.95. The largest absolute Gasteiger partial charge is 0.384 e. The van der Waals surface area contributed by atoms with Crippen molar-refractivity contribution in [3.8, 4) is 0 Å². The first-order chi connectivity index (χ1) is 15.3. The van der Waals surface area contributed by atoms with Crippen LogP contribution in [0.2, 0.25) is 0 Å². The molecular weight excluding hydrogens is 422 g/mol. The van der Waals surface area contributed by atoms with Gasteiger partial charge in [0.05, 0.1) is 10.9 Å². The van der Waals surface area contributed by atoms with E-state index in [2.05, 4.69) is 16.4 Å². The Morgan fingerprint density at radius 2 is 1.97 bits per heavy atom. The van der Waals surface area contributed by atoms with Gasteiger partial charge in [-0.25, -0.2) is 8.42 Å². The molecule has 2 N–H and O–H groups in total. The molecule has 6 nitrogen and oxygen atoms in total. The number of carbonyl (C=O) groups excluding carboxylic acids is 1. The van der Waals surface area contributed by atoms with Gasteiger partial charge in [-0.05, 0) is 62.1 Å². The van der Waals surface area contributed by atoms with Crippen molar-refractivity contribution in [1.82, 2.24) is 15.2 Å². The zero-order valence-corrected chi connectivity index (χ0v) is 19.3. The molecule has 168 valence electrons. The van der Waals surface area contributed by atoms with Crippen LogP contribution in [0.15, 0.2) is 71.3 Å². The van der Waals surface area contributed by atoms with E-state index in [-0.39, 0.29) is 11.9 Å². The molecule has 0 aliphatic heterocycles. The average Bonchev–Trinajstić information content (AvgIpc) is 3.22. The van der Waals surface area contributed by atoms with Gasteiger partial charge in [0.2, 0.25) is 0 Å². The summed E-state index contributed by atoms with van der Waals surface area (Å²) >= 11 is 0. The maximum atomic E-state index is 13.3. The SMILES string of the molecule is CCN(C(=O)c1cc2ccccc2[nH]1)[C@@H]1C=C(NCc2cccc(S(C)(=O)=O)c2)CCC1. The van der Waals surface area contributed by atoms with Crippen LogP contribution in [0.25, 0.3) is 10.9 Å². The van der Waals surface area contributed by atoms with E-state index in [0.717, 1.165) is 41.4 Å². The first-order valence-electron chi connectivity index (χ1n) is 11.0. The van der Waals surface area contributed by atoms with Crippen molar-refractivity contribution in [1.29, 1.82) is 0 Å². The summed E-state index contributed by atoms with van der Waals surface area (Å²) in [7, 11) is -3.23. The first kappa shape index (κ1) is 22.1. The molecule has 3 aromatic rings. The van der Waals surface area contributed by atoms with E-state index in [1.54, 1.807) is 18.2 Å². The normalized spacial score (nSPS) is 16.6. The maximum absolute atomic E-state index is 13.3. The number of allylic oxidation sites excluding steroid dienone is 1. The molecule has 1 aromatic heterocycles. The van der Waals surface area contributed by atoms with Crippen molar-refractivity contribution < 1.29 is 13.2 Å². The fourth-order valence-electron chi connectivity index (χ4n) is 4.27. The number of carbonyl (C=O) groups is 1. The standard InChI is InChI=1S/C25H29N3O3S/c1-3-28(25(29)24-15-19-9-4-5-13-23(19)27-24)21-11-7-10-20(16-21)26-17-18-8-6-12-22(14-18)32(2,30)31/h4-6,8-9,12-16,21,26-27H,3,7,10-11,17H2,1-2H3/t21-/m0/s1. The van der Waals surface area contributed by atoms with Gasteiger partial charge in [0.15, 0.2) is 9.84 Å².